The van der Waals surface area contributed by atoms with Crippen molar-refractivity contribution in [3.05, 3.63) is 34.9 Å². The van der Waals surface area contributed by atoms with E-state index in [0.29, 0.717) is 12.1 Å². The summed E-state index contributed by atoms with van der Waals surface area (Å²) in [6.45, 7) is 0.958. The van der Waals surface area contributed by atoms with E-state index in [1.807, 2.05) is 19.2 Å². The second-order valence-corrected chi connectivity index (χ2v) is 5.75. The zero-order valence-corrected chi connectivity index (χ0v) is 12.5. The standard InChI is InChI=1S/C16H24ClNO/c1-18-14(7-4-8-15-9-5-11-19-15)12-13-6-2-3-10-16(13)17/h2-3,6,10,14-15,18H,4-5,7-9,11-12H2,1H3. The molecule has 0 radical (unpaired) electrons. The van der Waals surface area contributed by atoms with Crippen molar-refractivity contribution >= 4 is 11.6 Å². The van der Waals surface area contributed by atoms with E-state index in [0.717, 1.165) is 18.1 Å². The van der Waals surface area contributed by atoms with Crippen LogP contribution in [0.2, 0.25) is 5.02 Å². The summed E-state index contributed by atoms with van der Waals surface area (Å²) >= 11 is 6.22. The summed E-state index contributed by atoms with van der Waals surface area (Å²) < 4.78 is 5.66. The molecule has 1 N–H and O–H groups in total. The third-order valence-electron chi connectivity index (χ3n) is 3.94. The number of benzene rings is 1. The molecule has 1 heterocycles. The lowest BCUT2D eigenvalue weighted by Gasteiger charge is -2.18. The first kappa shape index (κ1) is 14.8. The smallest absolute Gasteiger partial charge is 0.0576 e. The van der Waals surface area contributed by atoms with Gasteiger partial charge < -0.3 is 10.1 Å². The van der Waals surface area contributed by atoms with Gasteiger partial charge in [0, 0.05) is 17.7 Å². The molecule has 1 aromatic carbocycles. The first-order valence-corrected chi connectivity index (χ1v) is 7.69. The minimum absolute atomic E-state index is 0.501. The first-order chi connectivity index (χ1) is 9.29. The zero-order chi connectivity index (χ0) is 13.5. The van der Waals surface area contributed by atoms with E-state index >= 15 is 0 Å². The molecule has 1 aliphatic heterocycles. The highest BCUT2D eigenvalue weighted by Crippen LogP contribution is 2.21. The highest BCUT2D eigenvalue weighted by Gasteiger charge is 2.16. The maximum atomic E-state index is 6.22. The van der Waals surface area contributed by atoms with Crippen LogP contribution in [-0.4, -0.2) is 25.8 Å². The topological polar surface area (TPSA) is 21.3 Å². The third kappa shape index (κ3) is 4.79. The summed E-state index contributed by atoms with van der Waals surface area (Å²) in [6.07, 6.45) is 7.59. The van der Waals surface area contributed by atoms with Gasteiger partial charge in [-0.2, -0.15) is 0 Å². The Bertz CT molecular complexity index is 377. The van der Waals surface area contributed by atoms with Gasteiger partial charge in [0.15, 0.2) is 0 Å². The van der Waals surface area contributed by atoms with Gasteiger partial charge in [-0.3, -0.25) is 0 Å². The molecule has 19 heavy (non-hydrogen) atoms. The van der Waals surface area contributed by atoms with E-state index in [1.165, 1.54) is 37.7 Å². The van der Waals surface area contributed by atoms with Gasteiger partial charge in [-0.25, -0.2) is 0 Å². The predicted octanol–water partition coefficient (Wildman–Crippen LogP) is 3.82. The van der Waals surface area contributed by atoms with Crippen LogP contribution in [0.5, 0.6) is 0 Å². The molecule has 2 nitrogen and oxygen atoms in total. The third-order valence-corrected chi connectivity index (χ3v) is 4.30. The van der Waals surface area contributed by atoms with Crippen molar-refractivity contribution in [1.29, 1.82) is 0 Å². The fraction of sp³-hybridized carbons (Fsp3) is 0.625. The van der Waals surface area contributed by atoms with E-state index in [1.54, 1.807) is 0 Å². The Morgan fingerprint density at radius 2 is 2.26 bits per heavy atom. The number of halogens is 1. The largest absolute Gasteiger partial charge is 0.378 e. The molecular weight excluding hydrogens is 258 g/mol. The molecule has 106 valence electrons. The van der Waals surface area contributed by atoms with Crippen molar-refractivity contribution < 1.29 is 4.74 Å². The number of likely N-dealkylation sites (N-methyl/N-ethyl adjacent to an activating group) is 1. The van der Waals surface area contributed by atoms with Crippen LogP contribution >= 0.6 is 11.6 Å². The lowest BCUT2D eigenvalue weighted by atomic mass is 9.99. The highest BCUT2D eigenvalue weighted by molar-refractivity contribution is 6.31. The maximum Gasteiger partial charge on any atom is 0.0576 e. The maximum absolute atomic E-state index is 6.22. The summed E-state index contributed by atoms with van der Waals surface area (Å²) in [6, 6.07) is 8.63. The molecule has 0 aromatic heterocycles. The Kier molecular flexibility index (Phi) is 6.15. The molecule has 1 saturated heterocycles. The fourth-order valence-corrected chi connectivity index (χ4v) is 2.95. The van der Waals surface area contributed by atoms with Gasteiger partial charge in [0.2, 0.25) is 0 Å². The van der Waals surface area contributed by atoms with Crippen molar-refractivity contribution in [3.8, 4) is 0 Å². The Hall–Kier alpha value is -0.570. The fourth-order valence-electron chi connectivity index (χ4n) is 2.74. The minimum Gasteiger partial charge on any atom is -0.378 e. The lowest BCUT2D eigenvalue weighted by Crippen LogP contribution is -2.28. The molecule has 2 unspecified atom stereocenters. The molecule has 1 fully saturated rings. The quantitative estimate of drug-likeness (QED) is 0.820. The lowest BCUT2D eigenvalue weighted by molar-refractivity contribution is 0.101. The number of ether oxygens (including phenoxy) is 1. The molecular formula is C16H24ClNO. The molecule has 0 bridgehead atoms. The first-order valence-electron chi connectivity index (χ1n) is 7.32. The van der Waals surface area contributed by atoms with Crippen LogP contribution in [0, 0.1) is 0 Å². The second kappa shape index (κ2) is 7.88. The summed E-state index contributed by atoms with van der Waals surface area (Å²) in [5.41, 5.74) is 1.24. The minimum atomic E-state index is 0.501. The predicted molar refractivity (Wildman–Crippen MR) is 80.8 cm³/mol. The van der Waals surface area contributed by atoms with E-state index in [4.69, 9.17) is 16.3 Å². The molecule has 0 spiro atoms. The van der Waals surface area contributed by atoms with Crippen LogP contribution in [0.15, 0.2) is 24.3 Å². The van der Waals surface area contributed by atoms with Gasteiger partial charge in [0.1, 0.15) is 0 Å². The van der Waals surface area contributed by atoms with Crippen LogP contribution in [0.1, 0.15) is 37.7 Å². The molecule has 1 aromatic rings. The summed E-state index contributed by atoms with van der Waals surface area (Å²) in [5.74, 6) is 0. The van der Waals surface area contributed by atoms with Crippen molar-refractivity contribution in [2.75, 3.05) is 13.7 Å². The Morgan fingerprint density at radius 3 is 2.95 bits per heavy atom. The molecule has 0 saturated carbocycles. The van der Waals surface area contributed by atoms with E-state index < -0.39 is 0 Å². The Balaban J connectivity index is 1.75. The number of hydrogen-bond donors (Lipinski definition) is 1. The van der Waals surface area contributed by atoms with Crippen LogP contribution in [0.3, 0.4) is 0 Å². The second-order valence-electron chi connectivity index (χ2n) is 5.35. The summed E-state index contributed by atoms with van der Waals surface area (Å²) in [7, 11) is 2.04. The summed E-state index contributed by atoms with van der Waals surface area (Å²) in [4.78, 5) is 0. The monoisotopic (exact) mass is 281 g/mol. The average Bonchev–Trinajstić information content (AvgIpc) is 2.93. The highest BCUT2D eigenvalue weighted by atomic mass is 35.5. The van der Waals surface area contributed by atoms with Gasteiger partial charge in [0.25, 0.3) is 0 Å². The van der Waals surface area contributed by atoms with E-state index in [-0.39, 0.29) is 0 Å². The SMILES string of the molecule is CNC(CCCC1CCCO1)Cc1ccccc1Cl. The number of nitrogens with one attached hydrogen (secondary N) is 1. The molecule has 0 amide bonds. The Labute approximate surface area is 121 Å². The molecule has 0 aliphatic carbocycles. The van der Waals surface area contributed by atoms with Crippen molar-refractivity contribution in [2.45, 2.75) is 50.7 Å². The summed E-state index contributed by atoms with van der Waals surface area (Å²) in [5, 5.41) is 4.28. The molecule has 3 heteroatoms. The molecule has 1 aliphatic rings. The van der Waals surface area contributed by atoms with Crippen LogP contribution in [0.4, 0.5) is 0 Å². The van der Waals surface area contributed by atoms with Gasteiger partial charge in [-0.15, -0.1) is 0 Å². The molecule has 2 rings (SSSR count). The van der Waals surface area contributed by atoms with Gasteiger partial charge in [0.05, 0.1) is 6.10 Å². The average molecular weight is 282 g/mol. The van der Waals surface area contributed by atoms with Gasteiger partial charge in [-0.1, -0.05) is 29.8 Å². The Morgan fingerprint density at radius 1 is 1.42 bits per heavy atom. The van der Waals surface area contributed by atoms with E-state index in [9.17, 15) is 0 Å². The van der Waals surface area contributed by atoms with Gasteiger partial charge >= 0.3 is 0 Å². The van der Waals surface area contributed by atoms with E-state index in [2.05, 4.69) is 17.4 Å². The van der Waals surface area contributed by atoms with Gasteiger partial charge in [-0.05, 0) is 57.2 Å². The van der Waals surface area contributed by atoms with Crippen molar-refractivity contribution in [1.82, 2.24) is 5.32 Å². The zero-order valence-electron chi connectivity index (χ0n) is 11.7. The van der Waals surface area contributed by atoms with Crippen LogP contribution < -0.4 is 5.32 Å². The number of rotatable bonds is 7. The van der Waals surface area contributed by atoms with Crippen molar-refractivity contribution in [3.63, 3.8) is 0 Å². The molecule has 2 atom stereocenters. The van der Waals surface area contributed by atoms with Crippen LogP contribution in [0.25, 0.3) is 0 Å². The normalized spacial score (nSPS) is 20.6. The number of hydrogen-bond acceptors (Lipinski definition) is 2. The van der Waals surface area contributed by atoms with Crippen molar-refractivity contribution in [2.24, 2.45) is 0 Å². The van der Waals surface area contributed by atoms with Crippen LogP contribution in [-0.2, 0) is 11.2 Å².